The lowest BCUT2D eigenvalue weighted by molar-refractivity contribution is -0.119. The smallest absolute Gasteiger partial charge is 0.255 e. The quantitative estimate of drug-likeness (QED) is 0.701. The topological polar surface area (TPSA) is 115 Å². The summed E-state index contributed by atoms with van der Waals surface area (Å²) in [5.74, 6) is 0.642. The van der Waals surface area contributed by atoms with E-state index in [9.17, 15) is 4.79 Å². The summed E-state index contributed by atoms with van der Waals surface area (Å²) in [7, 11) is 1.48. The van der Waals surface area contributed by atoms with E-state index in [0.29, 0.717) is 23.3 Å². The van der Waals surface area contributed by atoms with Gasteiger partial charge in [-0.2, -0.15) is 5.10 Å². The predicted molar refractivity (Wildman–Crippen MR) is 76.4 cm³/mol. The Kier molecular flexibility index (Phi) is 4.83. The van der Waals surface area contributed by atoms with Crippen LogP contribution in [0.1, 0.15) is 5.56 Å². The van der Waals surface area contributed by atoms with E-state index in [2.05, 4.69) is 20.5 Å². The summed E-state index contributed by atoms with van der Waals surface area (Å²) >= 11 is 6.14. The Morgan fingerprint density at radius 2 is 2.33 bits per heavy atom. The highest BCUT2D eigenvalue weighted by Gasteiger charge is 2.13. The number of benzene rings is 1. The van der Waals surface area contributed by atoms with Gasteiger partial charge in [-0.1, -0.05) is 11.6 Å². The maximum Gasteiger partial charge on any atom is 0.255 e. The van der Waals surface area contributed by atoms with Crippen LogP contribution in [0.2, 0.25) is 5.02 Å². The molecule has 0 saturated carbocycles. The monoisotopic (exact) mass is 311 g/mol. The fraction of sp³-hybridized carbons (Fsp3) is 0.250. The molecule has 1 aromatic carbocycles. The zero-order chi connectivity index (χ0) is 15.2. The number of nitrogens with one attached hydrogen (secondary N) is 2. The number of aromatic amines is 1. The van der Waals surface area contributed by atoms with Crippen molar-refractivity contribution in [3.05, 3.63) is 29.0 Å². The first-order chi connectivity index (χ1) is 10.1. The second-order valence-electron chi connectivity index (χ2n) is 4.05. The van der Waals surface area contributed by atoms with E-state index in [1.54, 1.807) is 12.1 Å². The van der Waals surface area contributed by atoms with Gasteiger partial charge in [-0.25, -0.2) is 10.1 Å². The Labute approximate surface area is 125 Å². The molecule has 0 aliphatic rings. The van der Waals surface area contributed by atoms with Gasteiger partial charge >= 0.3 is 0 Å². The number of primary amides is 1. The van der Waals surface area contributed by atoms with E-state index in [4.69, 9.17) is 26.8 Å². The Balaban J connectivity index is 2.13. The number of nitrogens with two attached hydrogens (primary N) is 1. The number of nitrogens with zero attached hydrogens (tertiary/aromatic N) is 2. The summed E-state index contributed by atoms with van der Waals surface area (Å²) in [4.78, 5) is 14.7. The molecule has 0 unspecified atom stereocenters. The summed E-state index contributed by atoms with van der Waals surface area (Å²) < 4.78 is 10.5. The Morgan fingerprint density at radius 1 is 1.52 bits per heavy atom. The van der Waals surface area contributed by atoms with Crippen molar-refractivity contribution < 1.29 is 14.3 Å². The maximum atomic E-state index is 10.8. The molecule has 1 heterocycles. The molecular formula is C12H14ClN5O3. The van der Waals surface area contributed by atoms with Gasteiger partial charge in [0.1, 0.15) is 6.33 Å². The first-order valence-electron chi connectivity index (χ1n) is 5.97. The van der Waals surface area contributed by atoms with Crippen molar-refractivity contribution in [1.82, 2.24) is 15.2 Å². The van der Waals surface area contributed by atoms with Crippen molar-refractivity contribution in [1.29, 1.82) is 0 Å². The van der Waals surface area contributed by atoms with Gasteiger partial charge < -0.3 is 20.5 Å². The van der Waals surface area contributed by atoms with Gasteiger partial charge in [0.2, 0.25) is 5.95 Å². The lowest BCUT2D eigenvalue weighted by Gasteiger charge is -2.13. The molecule has 0 radical (unpaired) electrons. The van der Waals surface area contributed by atoms with Crippen molar-refractivity contribution >= 4 is 23.5 Å². The van der Waals surface area contributed by atoms with Crippen LogP contribution in [0.5, 0.6) is 11.5 Å². The third-order valence-corrected chi connectivity index (χ3v) is 2.80. The molecule has 8 nitrogen and oxygen atoms in total. The molecule has 2 rings (SSSR count). The van der Waals surface area contributed by atoms with Gasteiger partial charge in [0.05, 0.1) is 12.1 Å². The summed E-state index contributed by atoms with van der Waals surface area (Å²) in [5.41, 5.74) is 5.89. The van der Waals surface area contributed by atoms with Gasteiger partial charge in [-0.15, -0.1) is 0 Å². The van der Waals surface area contributed by atoms with E-state index in [-0.39, 0.29) is 12.4 Å². The third-order valence-electron chi connectivity index (χ3n) is 2.52. The molecule has 21 heavy (non-hydrogen) atoms. The van der Waals surface area contributed by atoms with Crippen molar-refractivity contribution in [3.8, 4) is 11.5 Å². The Morgan fingerprint density at radius 3 is 2.95 bits per heavy atom. The zero-order valence-corrected chi connectivity index (χ0v) is 12.0. The van der Waals surface area contributed by atoms with Gasteiger partial charge in [0, 0.05) is 6.54 Å². The highest BCUT2D eigenvalue weighted by Crippen LogP contribution is 2.36. The molecule has 1 amide bonds. The van der Waals surface area contributed by atoms with Crippen molar-refractivity contribution in [3.63, 3.8) is 0 Å². The molecule has 4 N–H and O–H groups in total. The summed E-state index contributed by atoms with van der Waals surface area (Å²) in [6, 6.07) is 3.44. The molecule has 9 heteroatoms. The number of ether oxygens (including phenoxy) is 2. The van der Waals surface area contributed by atoms with Crippen LogP contribution in [0, 0.1) is 0 Å². The second kappa shape index (κ2) is 6.80. The van der Waals surface area contributed by atoms with Gasteiger partial charge in [0.15, 0.2) is 18.1 Å². The fourth-order valence-electron chi connectivity index (χ4n) is 1.64. The van der Waals surface area contributed by atoms with Gasteiger partial charge in [-0.3, -0.25) is 4.79 Å². The van der Waals surface area contributed by atoms with Crippen LogP contribution in [0.4, 0.5) is 5.95 Å². The summed E-state index contributed by atoms with van der Waals surface area (Å²) in [6.45, 7) is 0.188. The number of H-pyrrole nitrogens is 1. The molecule has 2 aromatic rings. The molecule has 0 fully saturated rings. The van der Waals surface area contributed by atoms with E-state index >= 15 is 0 Å². The zero-order valence-electron chi connectivity index (χ0n) is 11.2. The number of hydrogen-bond donors (Lipinski definition) is 3. The molecule has 0 aliphatic heterocycles. The summed E-state index contributed by atoms with van der Waals surface area (Å²) in [5, 5.41) is 9.76. The van der Waals surface area contributed by atoms with Crippen molar-refractivity contribution in [2.24, 2.45) is 5.73 Å². The number of halogens is 1. The highest BCUT2D eigenvalue weighted by atomic mass is 35.5. The average molecular weight is 312 g/mol. The van der Waals surface area contributed by atoms with E-state index in [0.717, 1.165) is 5.56 Å². The normalized spacial score (nSPS) is 10.2. The van der Waals surface area contributed by atoms with Gasteiger partial charge in [0.25, 0.3) is 5.91 Å². The Bertz CT molecular complexity index is 618. The SMILES string of the molecule is COc1cc(CNc2ncn[nH]2)cc(Cl)c1OCC(N)=O. The van der Waals surface area contributed by atoms with Crippen LogP contribution in [0.15, 0.2) is 18.5 Å². The lowest BCUT2D eigenvalue weighted by atomic mass is 10.2. The number of aromatic nitrogens is 3. The van der Waals surface area contributed by atoms with Crippen LogP contribution in [-0.4, -0.2) is 34.8 Å². The molecule has 0 saturated heterocycles. The predicted octanol–water partition coefficient (Wildman–Crippen LogP) is 0.943. The average Bonchev–Trinajstić information content (AvgIpc) is 2.96. The lowest BCUT2D eigenvalue weighted by Crippen LogP contribution is -2.20. The highest BCUT2D eigenvalue weighted by molar-refractivity contribution is 6.32. The first kappa shape index (κ1) is 14.9. The second-order valence-corrected chi connectivity index (χ2v) is 4.46. The fourth-order valence-corrected chi connectivity index (χ4v) is 1.92. The molecule has 0 bridgehead atoms. The van der Waals surface area contributed by atoms with Crippen molar-refractivity contribution in [2.45, 2.75) is 6.54 Å². The third kappa shape index (κ3) is 3.99. The number of amides is 1. The van der Waals surface area contributed by atoms with E-state index in [1.807, 2.05) is 0 Å². The number of carbonyl (C=O) groups is 1. The Hall–Kier alpha value is -2.48. The minimum Gasteiger partial charge on any atom is -0.493 e. The molecule has 0 aliphatic carbocycles. The number of carbonyl (C=O) groups excluding carboxylic acids is 1. The minimum atomic E-state index is -0.593. The maximum absolute atomic E-state index is 10.8. The minimum absolute atomic E-state index is 0.272. The standard InChI is InChI=1S/C12H14ClN5O3/c1-20-9-3-7(4-15-12-16-6-17-18-12)2-8(13)11(9)21-5-10(14)19/h2-3,6H,4-5H2,1H3,(H2,14,19)(H2,15,16,17,18). The van der Waals surface area contributed by atoms with Crippen LogP contribution in [0.3, 0.4) is 0 Å². The molecule has 0 spiro atoms. The molecule has 1 aromatic heterocycles. The number of anilines is 1. The number of rotatable bonds is 7. The van der Waals surface area contributed by atoms with Crippen LogP contribution < -0.4 is 20.5 Å². The number of methoxy groups -OCH3 is 1. The largest absolute Gasteiger partial charge is 0.493 e. The van der Waals surface area contributed by atoms with E-state index < -0.39 is 5.91 Å². The molecular weight excluding hydrogens is 298 g/mol. The van der Waals surface area contributed by atoms with Crippen LogP contribution in [0.25, 0.3) is 0 Å². The summed E-state index contributed by atoms with van der Waals surface area (Å²) in [6.07, 6.45) is 1.40. The van der Waals surface area contributed by atoms with Crippen LogP contribution >= 0.6 is 11.6 Å². The van der Waals surface area contributed by atoms with Crippen molar-refractivity contribution in [2.75, 3.05) is 19.0 Å². The van der Waals surface area contributed by atoms with E-state index in [1.165, 1.54) is 13.4 Å². The first-order valence-corrected chi connectivity index (χ1v) is 6.34. The molecule has 112 valence electrons. The van der Waals surface area contributed by atoms with Crippen LogP contribution in [-0.2, 0) is 11.3 Å². The number of hydrogen-bond acceptors (Lipinski definition) is 6. The van der Waals surface area contributed by atoms with Gasteiger partial charge in [-0.05, 0) is 17.7 Å². The molecule has 0 atom stereocenters.